The Morgan fingerprint density at radius 1 is 0.870 bits per heavy atom. The molecule has 0 fully saturated rings. The van der Waals surface area contributed by atoms with Crippen molar-refractivity contribution in [2.45, 2.75) is 13.8 Å². The highest BCUT2D eigenvalue weighted by atomic mass is 15.2. The van der Waals surface area contributed by atoms with E-state index in [1.165, 1.54) is 16.5 Å². The maximum Gasteiger partial charge on any atom is 0.156 e. The van der Waals surface area contributed by atoms with Crippen molar-refractivity contribution < 1.29 is 0 Å². The molecule has 5 heteroatoms. The number of benzene rings is 2. The summed E-state index contributed by atoms with van der Waals surface area (Å²) in [5.41, 5.74) is 1.20. The molecule has 0 amide bonds. The summed E-state index contributed by atoms with van der Waals surface area (Å²) in [6.45, 7) is 5.77. The third-order valence-corrected chi connectivity index (χ3v) is 3.93. The summed E-state index contributed by atoms with van der Waals surface area (Å²) in [6.07, 6.45) is 0. The molecule has 0 unspecified atom stereocenters. The first-order chi connectivity index (χ1) is 11.2. The van der Waals surface area contributed by atoms with Gasteiger partial charge in [-0.3, -0.25) is 0 Å². The van der Waals surface area contributed by atoms with E-state index in [2.05, 4.69) is 84.0 Å². The molecule has 1 heterocycles. The van der Waals surface area contributed by atoms with Gasteiger partial charge in [0.15, 0.2) is 11.6 Å². The van der Waals surface area contributed by atoms with E-state index in [0.717, 1.165) is 35.5 Å². The number of hydrogen-bond donors (Lipinski definition) is 2. The Bertz CT molecular complexity index is 842. The molecule has 3 rings (SSSR count). The molecule has 5 nitrogen and oxygen atoms in total. The van der Waals surface area contributed by atoms with Gasteiger partial charge in [-0.05, 0) is 37.4 Å². The van der Waals surface area contributed by atoms with E-state index in [9.17, 15) is 0 Å². The molecule has 2 aromatic carbocycles. The maximum atomic E-state index is 4.36. The molecule has 0 aliphatic carbocycles. The fourth-order valence-electron chi connectivity index (χ4n) is 2.89. The predicted octanol–water partition coefficient (Wildman–Crippen LogP) is 3.71. The zero-order valence-electron chi connectivity index (χ0n) is 14.1. The average molecular weight is 309 g/mol. The zero-order valence-corrected chi connectivity index (χ0v) is 14.1. The SMILES string of the molecule is CCNc1nnc(NCC)c2cc3c(N(C)C)cccc3cc12. The molecule has 3 aromatic rings. The van der Waals surface area contributed by atoms with Gasteiger partial charge in [-0.15, -0.1) is 10.2 Å². The Labute approximate surface area is 136 Å². The minimum absolute atomic E-state index is 0.817. The standard InChI is InChI=1S/C18H23N5/c1-5-19-17-14-10-12-8-7-9-16(23(3)4)13(12)11-15(14)18(20-6-2)22-21-17/h7-11H,5-6H2,1-4H3,(H,19,21)(H,20,22). The highest BCUT2D eigenvalue weighted by molar-refractivity contribution is 6.09. The Morgan fingerprint density at radius 3 is 2.04 bits per heavy atom. The summed E-state index contributed by atoms with van der Waals surface area (Å²) in [7, 11) is 4.14. The molecular formula is C18H23N5. The van der Waals surface area contributed by atoms with Crippen LogP contribution in [0.4, 0.5) is 17.3 Å². The molecule has 1 aromatic heterocycles. The Hall–Kier alpha value is -2.56. The van der Waals surface area contributed by atoms with Crippen LogP contribution >= 0.6 is 0 Å². The van der Waals surface area contributed by atoms with Crippen LogP contribution in [0.1, 0.15) is 13.8 Å². The number of rotatable bonds is 5. The topological polar surface area (TPSA) is 53.1 Å². The van der Waals surface area contributed by atoms with Gasteiger partial charge in [0.25, 0.3) is 0 Å². The number of nitrogens with zero attached hydrogens (tertiary/aromatic N) is 3. The Kier molecular flexibility index (Phi) is 4.19. The van der Waals surface area contributed by atoms with E-state index >= 15 is 0 Å². The first kappa shape index (κ1) is 15.3. The largest absolute Gasteiger partial charge is 0.377 e. The second-order valence-corrected chi connectivity index (χ2v) is 5.75. The lowest BCUT2D eigenvalue weighted by Gasteiger charge is -2.17. The van der Waals surface area contributed by atoms with Gasteiger partial charge in [0.2, 0.25) is 0 Å². The molecule has 2 N–H and O–H groups in total. The van der Waals surface area contributed by atoms with Gasteiger partial charge in [0.05, 0.1) is 0 Å². The molecule has 0 aliphatic rings. The Balaban J connectivity index is 2.36. The first-order valence-electron chi connectivity index (χ1n) is 8.04. The van der Waals surface area contributed by atoms with Gasteiger partial charge in [-0.2, -0.15) is 0 Å². The van der Waals surface area contributed by atoms with Crippen molar-refractivity contribution in [2.24, 2.45) is 0 Å². The lowest BCUT2D eigenvalue weighted by Crippen LogP contribution is -2.09. The molecular weight excluding hydrogens is 286 g/mol. The van der Waals surface area contributed by atoms with Crippen molar-refractivity contribution in [1.29, 1.82) is 0 Å². The quantitative estimate of drug-likeness (QED) is 0.704. The van der Waals surface area contributed by atoms with Crippen LogP contribution in [-0.4, -0.2) is 37.4 Å². The molecule has 0 radical (unpaired) electrons. The van der Waals surface area contributed by atoms with Crippen LogP contribution in [0.25, 0.3) is 21.5 Å². The van der Waals surface area contributed by atoms with Crippen LogP contribution in [0.15, 0.2) is 30.3 Å². The summed E-state index contributed by atoms with van der Waals surface area (Å²) in [5, 5.41) is 20.0. The summed E-state index contributed by atoms with van der Waals surface area (Å²) in [4.78, 5) is 2.14. The van der Waals surface area contributed by atoms with Crippen molar-refractivity contribution in [2.75, 3.05) is 42.7 Å². The molecule has 0 bridgehead atoms. The molecule has 120 valence electrons. The van der Waals surface area contributed by atoms with Crippen molar-refractivity contribution in [3.63, 3.8) is 0 Å². The summed E-state index contributed by atoms with van der Waals surface area (Å²) in [5.74, 6) is 1.67. The minimum Gasteiger partial charge on any atom is -0.377 e. The van der Waals surface area contributed by atoms with Gasteiger partial charge >= 0.3 is 0 Å². The van der Waals surface area contributed by atoms with Gasteiger partial charge in [-0.1, -0.05) is 12.1 Å². The van der Waals surface area contributed by atoms with Crippen LogP contribution < -0.4 is 15.5 Å². The van der Waals surface area contributed by atoms with Crippen LogP contribution in [-0.2, 0) is 0 Å². The molecule has 0 saturated heterocycles. The highest BCUT2D eigenvalue weighted by Crippen LogP contribution is 2.34. The Morgan fingerprint density at radius 2 is 1.48 bits per heavy atom. The van der Waals surface area contributed by atoms with E-state index in [4.69, 9.17) is 0 Å². The fraction of sp³-hybridized carbons (Fsp3) is 0.333. The van der Waals surface area contributed by atoms with Crippen molar-refractivity contribution in [3.05, 3.63) is 30.3 Å². The molecule has 0 saturated carbocycles. The van der Waals surface area contributed by atoms with Crippen LogP contribution in [0.2, 0.25) is 0 Å². The third-order valence-electron chi connectivity index (χ3n) is 3.93. The van der Waals surface area contributed by atoms with E-state index in [1.807, 2.05) is 0 Å². The van der Waals surface area contributed by atoms with Crippen molar-refractivity contribution in [1.82, 2.24) is 10.2 Å². The molecule has 0 aliphatic heterocycles. The monoisotopic (exact) mass is 309 g/mol. The van der Waals surface area contributed by atoms with Crippen molar-refractivity contribution in [3.8, 4) is 0 Å². The second-order valence-electron chi connectivity index (χ2n) is 5.75. The van der Waals surface area contributed by atoms with Crippen LogP contribution in [0.3, 0.4) is 0 Å². The van der Waals surface area contributed by atoms with Crippen molar-refractivity contribution >= 4 is 38.9 Å². The summed E-state index contributed by atoms with van der Waals surface area (Å²) < 4.78 is 0. The smallest absolute Gasteiger partial charge is 0.156 e. The normalized spacial score (nSPS) is 11.0. The van der Waals surface area contributed by atoms with Crippen LogP contribution in [0, 0.1) is 0 Å². The minimum atomic E-state index is 0.817. The number of anilines is 3. The number of aromatic nitrogens is 2. The predicted molar refractivity (Wildman–Crippen MR) is 99.7 cm³/mol. The number of hydrogen-bond acceptors (Lipinski definition) is 5. The summed E-state index contributed by atoms with van der Waals surface area (Å²) >= 11 is 0. The van der Waals surface area contributed by atoms with E-state index in [-0.39, 0.29) is 0 Å². The second kappa shape index (κ2) is 6.28. The van der Waals surface area contributed by atoms with E-state index in [0.29, 0.717) is 0 Å². The van der Waals surface area contributed by atoms with Crippen LogP contribution in [0.5, 0.6) is 0 Å². The number of nitrogens with one attached hydrogen (secondary N) is 2. The van der Waals surface area contributed by atoms with E-state index in [1.54, 1.807) is 0 Å². The maximum absolute atomic E-state index is 4.36. The lowest BCUT2D eigenvalue weighted by molar-refractivity contribution is 1.01. The summed E-state index contributed by atoms with van der Waals surface area (Å²) in [6, 6.07) is 10.8. The molecule has 0 spiro atoms. The third kappa shape index (κ3) is 2.74. The zero-order chi connectivity index (χ0) is 16.4. The fourth-order valence-corrected chi connectivity index (χ4v) is 2.89. The van der Waals surface area contributed by atoms with Gasteiger partial charge in [0.1, 0.15) is 0 Å². The van der Waals surface area contributed by atoms with Gasteiger partial charge in [-0.25, -0.2) is 0 Å². The number of fused-ring (bicyclic) bond motifs is 2. The van der Waals surface area contributed by atoms with E-state index < -0.39 is 0 Å². The van der Waals surface area contributed by atoms with Gasteiger partial charge < -0.3 is 15.5 Å². The lowest BCUT2D eigenvalue weighted by atomic mass is 10.0. The average Bonchev–Trinajstić information content (AvgIpc) is 2.55. The first-order valence-corrected chi connectivity index (χ1v) is 8.04. The highest BCUT2D eigenvalue weighted by Gasteiger charge is 2.12. The molecule has 0 atom stereocenters. The molecule has 23 heavy (non-hydrogen) atoms. The van der Waals surface area contributed by atoms with Gasteiger partial charge in [0, 0.05) is 49.0 Å².